The highest BCUT2D eigenvalue weighted by atomic mass is 127. The Kier molecular flexibility index (Phi) is 9.87. The fraction of sp³-hybridized carbons (Fsp3) is 0.652. The molecule has 0 spiro atoms. The van der Waals surface area contributed by atoms with E-state index in [0.29, 0.717) is 30.5 Å². The number of likely N-dealkylation sites (tertiary alicyclic amines) is 1. The van der Waals surface area contributed by atoms with E-state index in [-0.39, 0.29) is 29.9 Å². The van der Waals surface area contributed by atoms with Crippen LogP contribution in [0.3, 0.4) is 0 Å². The normalized spacial score (nSPS) is 22.4. The van der Waals surface area contributed by atoms with Crippen molar-refractivity contribution >= 4 is 35.8 Å². The molecule has 2 aliphatic rings. The summed E-state index contributed by atoms with van der Waals surface area (Å²) in [7, 11) is 1.69. The minimum atomic E-state index is 0. The summed E-state index contributed by atoms with van der Waals surface area (Å²) in [5, 5.41) is 9.96. The van der Waals surface area contributed by atoms with Gasteiger partial charge in [0.2, 0.25) is 5.91 Å². The molecule has 168 valence electrons. The third kappa shape index (κ3) is 7.11. The lowest BCUT2D eigenvalue weighted by atomic mass is 10.0. The van der Waals surface area contributed by atoms with E-state index in [0.717, 1.165) is 44.9 Å². The van der Waals surface area contributed by atoms with Crippen LogP contribution in [0.5, 0.6) is 0 Å². The SMILES string of the molecule is CCN=C(NC1CCN(CC(=O)NC)CC1)NC1CC1c1ccc(C(C)C)cc1.I. The predicted molar refractivity (Wildman–Crippen MR) is 135 cm³/mol. The number of aliphatic imine (C=N–C) groups is 1. The summed E-state index contributed by atoms with van der Waals surface area (Å²) in [6.45, 7) is 9.70. The van der Waals surface area contributed by atoms with Gasteiger partial charge in [0, 0.05) is 44.7 Å². The van der Waals surface area contributed by atoms with Crippen LogP contribution in [0.2, 0.25) is 0 Å². The molecule has 0 aromatic heterocycles. The topological polar surface area (TPSA) is 68.8 Å². The van der Waals surface area contributed by atoms with Crippen molar-refractivity contribution in [1.82, 2.24) is 20.9 Å². The average molecular weight is 527 g/mol. The summed E-state index contributed by atoms with van der Waals surface area (Å²) in [6, 6.07) is 9.98. The van der Waals surface area contributed by atoms with Crippen LogP contribution in [0, 0.1) is 0 Å². The number of carbonyl (C=O) groups excluding carboxylic acids is 1. The van der Waals surface area contributed by atoms with E-state index in [1.165, 1.54) is 11.1 Å². The summed E-state index contributed by atoms with van der Waals surface area (Å²) >= 11 is 0. The molecule has 2 atom stereocenters. The number of guanidine groups is 1. The maximum atomic E-state index is 11.6. The molecular weight excluding hydrogens is 489 g/mol. The quantitative estimate of drug-likeness (QED) is 0.290. The highest BCUT2D eigenvalue weighted by Crippen LogP contribution is 2.41. The molecule has 2 fully saturated rings. The fourth-order valence-corrected chi connectivity index (χ4v) is 4.03. The molecule has 0 bridgehead atoms. The Morgan fingerprint density at radius 1 is 1.17 bits per heavy atom. The third-order valence-corrected chi connectivity index (χ3v) is 6.03. The lowest BCUT2D eigenvalue weighted by Crippen LogP contribution is -2.50. The van der Waals surface area contributed by atoms with Crippen molar-refractivity contribution in [3.63, 3.8) is 0 Å². The minimum absolute atomic E-state index is 0. The first kappa shape index (κ1) is 24.9. The number of hydrogen-bond donors (Lipinski definition) is 3. The second-order valence-electron chi connectivity index (χ2n) is 8.61. The smallest absolute Gasteiger partial charge is 0.233 e. The van der Waals surface area contributed by atoms with Crippen LogP contribution in [0.1, 0.15) is 63.0 Å². The second kappa shape index (κ2) is 11.9. The molecule has 1 saturated heterocycles. The standard InChI is InChI=1S/C23H37N5O.HI/c1-5-25-23(26-19-10-12-28(13-11-19)15-22(29)24-4)27-21-14-20(21)18-8-6-17(7-9-18)16(2)3;/h6-9,16,19-21H,5,10-15H2,1-4H3,(H,24,29)(H2,25,26,27);1H. The van der Waals surface area contributed by atoms with Crippen LogP contribution in [-0.2, 0) is 4.79 Å². The number of likely N-dealkylation sites (N-methyl/N-ethyl adjacent to an activating group) is 1. The van der Waals surface area contributed by atoms with Gasteiger partial charge >= 0.3 is 0 Å². The van der Waals surface area contributed by atoms with E-state index in [2.05, 4.69) is 70.9 Å². The molecule has 7 heteroatoms. The molecule has 1 saturated carbocycles. The van der Waals surface area contributed by atoms with Gasteiger partial charge in [-0.3, -0.25) is 14.7 Å². The van der Waals surface area contributed by atoms with Crippen molar-refractivity contribution in [3.8, 4) is 0 Å². The van der Waals surface area contributed by atoms with Crippen molar-refractivity contribution in [3.05, 3.63) is 35.4 Å². The highest BCUT2D eigenvalue weighted by molar-refractivity contribution is 14.0. The third-order valence-electron chi connectivity index (χ3n) is 6.03. The van der Waals surface area contributed by atoms with Crippen molar-refractivity contribution in [1.29, 1.82) is 0 Å². The summed E-state index contributed by atoms with van der Waals surface area (Å²) in [5.41, 5.74) is 2.82. The van der Waals surface area contributed by atoms with Gasteiger partial charge < -0.3 is 16.0 Å². The molecular formula is C23H38IN5O. The second-order valence-corrected chi connectivity index (χ2v) is 8.61. The first-order valence-electron chi connectivity index (χ1n) is 11.1. The first-order chi connectivity index (χ1) is 14.0. The Morgan fingerprint density at radius 2 is 1.83 bits per heavy atom. The number of nitrogens with zero attached hydrogens (tertiary/aromatic N) is 2. The summed E-state index contributed by atoms with van der Waals surface area (Å²) in [5.74, 6) is 2.18. The van der Waals surface area contributed by atoms with Crippen LogP contribution < -0.4 is 16.0 Å². The Balaban J connectivity index is 0.00000320. The predicted octanol–water partition coefficient (Wildman–Crippen LogP) is 3.05. The zero-order valence-electron chi connectivity index (χ0n) is 18.8. The van der Waals surface area contributed by atoms with Crippen molar-refractivity contribution < 1.29 is 4.79 Å². The largest absolute Gasteiger partial charge is 0.358 e. The zero-order chi connectivity index (χ0) is 20.8. The van der Waals surface area contributed by atoms with Crippen LogP contribution in [-0.4, -0.2) is 62.1 Å². The molecule has 1 heterocycles. The molecule has 3 rings (SSSR count). The van der Waals surface area contributed by atoms with Gasteiger partial charge in [-0.1, -0.05) is 38.1 Å². The lowest BCUT2D eigenvalue weighted by Gasteiger charge is -2.32. The molecule has 1 aliphatic carbocycles. The van der Waals surface area contributed by atoms with Gasteiger partial charge in [0.15, 0.2) is 5.96 Å². The summed E-state index contributed by atoms with van der Waals surface area (Å²) < 4.78 is 0. The summed E-state index contributed by atoms with van der Waals surface area (Å²) in [6.07, 6.45) is 3.23. The number of nitrogens with one attached hydrogen (secondary N) is 3. The molecule has 1 aromatic rings. The first-order valence-corrected chi connectivity index (χ1v) is 11.1. The van der Waals surface area contributed by atoms with Gasteiger partial charge in [-0.2, -0.15) is 0 Å². The number of benzene rings is 1. The average Bonchev–Trinajstić information content (AvgIpc) is 3.48. The maximum absolute atomic E-state index is 11.6. The van der Waals surface area contributed by atoms with Gasteiger partial charge in [0.05, 0.1) is 6.54 Å². The Bertz CT molecular complexity index is 698. The fourth-order valence-electron chi connectivity index (χ4n) is 4.03. The minimum Gasteiger partial charge on any atom is -0.358 e. The van der Waals surface area contributed by atoms with E-state index in [1.807, 2.05) is 0 Å². The molecule has 2 unspecified atom stereocenters. The number of piperidine rings is 1. The molecule has 1 aromatic carbocycles. The van der Waals surface area contributed by atoms with Gasteiger partial charge in [-0.05, 0) is 43.2 Å². The van der Waals surface area contributed by atoms with Gasteiger partial charge in [-0.15, -0.1) is 24.0 Å². The molecule has 1 aliphatic heterocycles. The van der Waals surface area contributed by atoms with E-state index < -0.39 is 0 Å². The van der Waals surface area contributed by atoms with E-state index >= 15 is 0 Å². The van der Waals surface area contributed by atoms with Gasteiger partial charge in [0.25, 0.3) is 0 Å². The molecule has 3 N–H and O–H groups in total. The number of amides is 1. The Morgan fingerprint density at radius 3 is 2.40 bits per heavy atom. The molecule has 30 heavy (non-hydrogen) atoms. The van der Waals surface area contributed by atoms with Crippen LogP contribution >= 0.6 is 24.0 Å². The molecule has 0 radical (unpaired) electrons. The highest BCUT2D eigenvalue weighted by Gasteiger charge is 2.39. The van der Waals surface area contributed by atoms with Crippen molar-refractivity contribution in [2.45, 2.75) is 64.0 Å². The van der Waals surface area contributed by atoms with Crippen molar-refractivity contribution in [2.75, 3.05) is 33.2 Å². The Labute approximate surface area is 198 Å². The number of rotatable bonds is 7. The summed E-state index contributed by atoms with van der Waals surface area (Å²) in [4.78, 5) is 18.4. The van der Waals surface area contributed by atoms with E-state index in [9.17, 15) is 4.79 Å². The molecule has 1 amide bonds. The van der Waals surface area contributed by atoms with Crippen LogP contribution in [0.25, 0.3) is 0 Å². The van der Waals surface area contributed by atoms with E-state index in [4.69, 9.17) is 0 Å². The number of carbonyl (C=O) groups is 1. The Hall–Kier alpha value is -1.35. The lowest BCUT2D eigenvalue weighted by molar-refractivity contribution is -0.122. The van der Waals surface area contributed by atoms with Crippen LogP contribution in [0.4, 0.5) is 0 Å². The number of halogens is 1. The van der Waals surface area contributed by atoms with Gasteiger partial charge in [-0.25, -0.2) is 0 Å². The monoisotopic (exact) mass is 527 g/mol. The maximum Gasteiger partial charge on any atom is 0.233 e. The molecule has 6 nitrogen and oxygen atoms in total. The van der Waals surface area contributed by atoms with E-state index in [1.54, 1.807) is 7.05 Å². The number of hydrogen-bond acceptors (Lipinski definition) is 3. The van der Waals surface area contributed by atoms with Crippen molar-refractivity contribution in [2.24, 2.45) is 4.99 Å². The zero-order valence-corrected chi connectivity index (χ0v) is 21.1. The van der Waals surface area contributed by atoms with Crippen LogP contribution in [0.15, 0.2) is 29.3 Å². The van der Waals surface area contributed by atoms with Gasteiger partial charge in [0.1, 0.15) is 0 Å².